The smallest absolute Gasteiger partial charge is 0.191 e. The van der Waals surface area contributed by atoms with E-state index in [1.54, 1.807) is 14.2 Å². The van der Waals surface area contributed by atoms with Crippen LogP contribution in [0.15, 0.2) is 29.3 Å². The molecular weight excluding hydrogens is 378 g/mol. The van der Waals surface area contributed by atoms with E-state index in [1.165, 1.54) is 5.56 Å². The SMILES string of the molecule is CN=C(NCc1c(C)nn(CCOC)c1C)NCC(C)Oc1ccc(Cl)cc1. The molecule has 0 aliphatic heterocycles. The van der Waals surface area contributed by atoms with Crippen molar-refractivity contribution < 1.29 is 9.47 Å². The van der Waals surface area contributed by atoms with Gasteiger partial charge in [0.15, 0.2) is 5.96 Å². The normalized spacial score (nSPS) is 12.7. The number of aliphatic imine (C=N–C) groups is 1. The summed E-state index contributed by atoms with van der Waals surface area (Å²) in [7, 11) is 3.45. The van der Waals surface area contributed by atoms with E-state index in [1.807, 2.05) is 42.8 Å². The lowest BCUT2D eigenvalue weighted by Crippen LogP contribution is -2.41. The number of hydrogen-bond acceptors (Lipinski definition) is 4. The number of ether oxygens (including phenoxy) is 2. The van der Waals surface area contributed by atoms with Crippen LogP contribution in [-0.2, 0) is 17.8 Å². The van der Waals surface area contributed by atoms with Gasteiger partial charge in [0.2, 0.25) is 0 Å². The second-order valence-corrected chi connectivity index (χ2v) is 6.99. The summed E-state index contributed by atoms with van der Waals surface area (Å²) in [6.07, 6.45) is -0.0278. The summed E-state index contributed by atoms with van der Waals surface area (Å²) in [6, 6.07) is 7.35. The first kappa shape index (κ1) is 22.0. The molecule has 1 aromatic heterocycles. The summed E-state index contributed by atoms with van der Waals surface area (Å²) in [5, 5.41) is 11.9. The van der Waals surface area contributed by atoms with E-state index >= 15 is 0 Å². The molecule has 1 atom stereocenters. The fourth-order valence-corrected chi connectivity index (χ4v) is 2.93. The molecule has 1 aromatic carbocycles. The Morgan fingerprint density at radius 2 is 1.96 bits per heavy atom. The van der Waals surface area contributed by atoms with Gasteiger partial charge in [0.1, 0.15) is 11.9 Å². The van der Waals surface area contributed by atoms with Crippen molar-refractivity contribution in [2.45, 2.75) is 40.0 Å². The average molecular weight is 408 g/mol. The molecule has 1 heterocycles. The first-order chi connectivity index (χ1) is 13.4. The number of hydrogen-bond donors (Lipinski definition) is 2. The van der Waals surface area contributed by atoms with Crippen LogP contribution in [0, 0.1) is 13.8 Å². The van der Waals surface area contributed by atoms with Gasteiger partial charge < -0.3 is 20.1 Å². The highest BCUT2D eigenvalue weighted by atomic mass is 35.5. The van der Waals surface area contributed by atoms with Gasteiger partial charge in [-0.15, -0.1) is 0 Å². The number of nitrogens with one attached hydrogen (secondary N) is 2. The van der Waals surface area contributed by atoms with Crippen molar-refractivity contribution in [3.8, 4) is 5.75 Å². The van der Waals surface area contributed by atoms with Gasteiger partial charge in [-0.05, 0) is 45.0 Å². The number of nitrogens with zero attached hydrogens (tertiary/aromatic N) is 3. The van der Waals surface area contributed by atoms with Crippen molar-refractivity contribution in [3.63, 3.8) is 0 Å². The summed E-state index contributed by atoms with van der Waals surface area (Å²) in [5.41, 5.74) is 3.32. The first-order valence-corrected chi connectivity index (χ1v) is 9.71. The molecule has 154 valence electrons. The highest BCUT2D eigenvalue weighted by Crippen LogP contribution is 2.16. The van der Waals surface area contributed by atoms with Gasteiger partial charge in [0.25, 0.3) is 0 Å². The topological polar surface area (TPSA) is 72.7 Å². The molecule has 0 amide bonds. The Bertz CT molecular complexity index is 774. The summed E-state index contributed by atoms with van der Waals surface area (Å²) >= 11 is 5.90. The molecule has 0 aliphatic rings. The zero-order valence-corrected chi connectivity index (χ0v) is 18.0. The summed E-state index contributed by atoms with van der Waals surface area (Å²) < 4.78 is 13.0. The zero-order chi connectivity index (χ0) is 20.5. The quantitative estimate of drug-likeness (QED) is 0.494. The standard InChI is InChI=1S/C20H30ClN5O2/c1-14(28-18-8-6-17(21)7-9-18)12-23-20(22-4)24-13-19-15(2)25-26(16(19)3)10-11-27-5/h6-9,14H,10-13H2,1-5H3,(H2,22,23,24). The third kappa shape index (κ3) is 6.42. The molecule has 0 fully saturated rings. The van der Waals surface area contributed by atoms with Crippen LogP contribution in [-0.4, -0.2) is 49.2 Å². The third-order valence-electron chi connectivity index (χ3n) is 4.40. The van der Waals surface area contributed by atoms with E-state index in [2.05, 4.69) is 27.6 Å². The molecule has 0 saturated carbocycles. The second kappa shape index (κ2) is 10.9. The Hall–Kier alpha value is -2.25. The van der Waals surface area contributed by atoms with E-state index in [-0.39, 0.29) is 6.10 Å². The molecule has 0 radical (unpaired) electrons. The number of halogens is 1. The Labute approximate surface area is 172 Å². The van der Waals surface area contributed by atoms with Crippen molar-refractivity contribution in [2.75, 3.05) is 27.3 Å². The van der Waals surface area contributed by atoms with Crippen LogP contribution < -0.4 is 15.4 Å². The molecular formula is C20H30ClN5O2. The van der Waals surface area contributed by atoms with Gasteiger partial charge in [-0.25, -0.2) is 0 Å². The number of methoxy groups -OCH3 is 1. The fourth-order valence-electron chi connectivity index (χ4n) is 2.81. The maximum atomic E-state index is 5.90. The lowest BCUT2D eigenvalue weighted by atomic mass is 10.2. The number of aryl methyl sites for hydroxylation is 1. The van der Waals surface area contributed by atoms with E-state index in [0.29, 0.717) is 24.7 Å². The zero-order valence-electron chi connectivity index (χ0n) is 17.3. The van der Waals surface area contributed by atoms with Gasteiger partial charge in [-0.3, -0.25) is 9.67 Å². The van der Waals surface area contributed by atoms with Crippen LogP contribution in [0.4, 0.5) is 0 Å². The van der Waals surface area contributed by atoms with Crippen LogP contribution in [0.25, 0.3) is 0 Å². The van der Waals surface area contributed by atoms with Crippen molar-refractivity contribution in [2.24, 2.45) is 4.99 Å². The minimum absolute atomic E-state index is 0.0278. The van der Waals surface area contributed by atoms with Crippen LogP contribution in [0.3, 0.4) is 0 Å². The predicted octanol–water partition coefficient (Wildman–Crippen LogP) is 2.93. The van der Waals surface area contributed by atoms with Gasteiger partial charge in [-0.2, -0.15) is 5.10 Å². The Morgan fingerprint density at radius 3 is 2.61 bits per heavy atom. The minimum atomic E-state index is -0.0278. The Morgan fingerprint density at radius 1 is 1.25 bits per heavy atom. The van der Waals surface area contributed by atoms with Crippen molar-refractivity contribution in [1.29, 1.82) is 0 Å². The number of guanidine groups is 1. The van der Waals surface area contributed by atoms with Crippen molar-refractivity contribution >= 4 is 17.6 Å². The average Bonchev–Trinajstić information content (AvgIpc) is 2.95. The van der Waals surface area contributed by atoms with Crippen LogP contribution >= 0.6 is 11.6 Å². The molecule has 1 unspecified atom stereocenters. The lowest BCUT2D eigenvalue weighted by molar-refractivity contribution is 0.182. The van der Waals surface area contributed by atoms with E-state index in [0.717, 1.165) is 29.6 Å². The molecule has 2 N–H and O–H groups in total. The number of rotatable bonds is 9. The van der Waals surface area contributed by atoms with Crippen molar-refractivity contribution in [1.82, 2.24) is 20.4 Å². The summed E-state index contributed by atoms with van der Waals surface area (Å²) in [5.74, 6) is 1.51. The van der Waals surface area contributed by atoms with Crippen molar-refractivity contribution in [3.05, 3.63) is 46.2 Å². The van der Waals surface area contributed by atoms with E-state index < -0.39 is 0 Å². The van der Waals surface area contributed by atoms with Gasteiger partial charge >= 0.3 is 0 Å². The maximum Gasteiger partial charge on any atom is 0.191 e. The molecule has 0 saturated heterocycles. The third-order valence-corrected chi connectivity index (χ3v) is 4.65. The summed E-state index contributed by atoms with van der Waals surface area (Å²) in [4.78, 5) is 4.28. The highest BCUT2D eigenvalue weighted by molar-refractivity contribution is 6.30. The van der Waals surface area contributed by atoms with E-state index in [9.17, 15) is 0 Å². The minimum Gasteiger partial charge on any atom is -0.489 e. The first-order valence-electron chi connectivity index (χ1n) is 9.33. The monoisotopic (exact) mass is 407 g/mol. The highest BCUT2D eigenvalue weighted by Gasteiger charge is 2.12. The second-order valence-electron chi connectivity index (χ2n) is 6.55. The number of aromatic nitrogens is 2. The van der Waals surface area contributed by atoms with E-state index in [4.69, 9.17) is 21.1 Å². The molecule has 2 aromatic rings. The van der Waals surface area contributed by atoms with Gasteiger partial charge in [0, 0.05) is 37.0 Å². The van der Waals surface area contributed by atoms with Crippen LogP contribution in [0.2, 0.25) is 5.02 Å². The van der Waals surface area contributed by atoms with Crippen LogP contribution in [0.1, 0.15) is 23.9 Å². The lowest BCUT2D eigenvalue weighted by Gasteiger charge is -2.18. The maximum absolute atomic E-state index is 5.90. The largest absolute Gasteiger partial charge is 0.489 e. The molecule has 8 heteroatoms. The van der Waals surface area contributed by atoms with Crippen LogP contribution in [0.5, 0.6) is 5.75 Å². The Balaban J connectivity index is 1.84. The Kier molecular flexibility index (Phi) is 8.60. The molecule has 28 heavy (non-hydrogen) atoms. The molecule has 2 rings (SSSR count). The molecule has 0 aliphatic carbocycles. The van der Waals surface area contributed by atoms with Gasteiger partial charge in [-0.1, -0.05) is 11.6 Å². The number of benzene rings is 1. The molecule has 0 spiro atoms. The molecule has 0 bridgehead atoms. The van der Waals surface area contributed by atoms with Gasteiger partial charge in [0.05, 0.1) is 25.4 Å². The fraction of sp³-hybridized carbons (Fsp3) is 0.500. The predicted molar refractivity (Wildman–Crippen MR) is 113 cm³/mol. The molecule has 7 nitrogen and oxygen atoms in total. The summed E-state index contributed by atoms with van der Waals surface area (Å²) in [6.45, 7) is 8.75.